The van der Waals surface area contributed by atoms with Gasteiger partial charge in [0.25, 0.3) is 0 Å². The highest BCUT2D eigenvalue weighted by atomic mass is 35.5. The lowest BCUT2D eigenvalue weighted by Gasteiger charge is -2.05. The molecule has 2 rings (SSSR count). The molecule has 0 saturated carbocycles. The van der Waals surface area contributed by atoms with Crippen molar-refractivity contribution >= 4 is 23.2 Å². The Morgan fingerprint density at radius 1 is 1.40 bits per heavy atom. The minimum Gasteiger partial charge on any atom is -0.216 e. The van der Waals surface area contributed by atoms with Gasteiger partial charge in [0.2, 0.25) is 0 Å². The maximum atomic E-state index is 6.03. The third kappa shape index (κ3) is 1.98. The highest BCUT2D eigenvalue weighted by Crippen LogP contribution is 2.20. The minimum atomic E-state index is 0.374. The molecule has 0 unspecified atom stereocenters. The lowest BCUT2D eigenvalue weighted by Crippen LogP contribution is -2.00. The molecule has 0 N–H and O–H groups in total. The van der Waals surface area contributed by atoms with Crippen LogP contribution in [-0.4, -0.2) is 15.0 Å². The molecular weight excluding hydrogens is 233 g/mol. The van der Waals surface area contributed by atoms with Crippen LogP contribution in [0.3, 0.4) is 0 Å². The molecule has 1 aromatic carbocycles. The van der Waals surface area contributed by atoms with E-state index in [2.05, 4.69) is 10.3 Å². The lowest BCUT2D eigenvalue weighted by molar-refractivity contribution is 0.781. The first-order valence-electron chi connectivity index (χ1n) is 4.44. The summed E-state index contributed by atoms with van der Waals surface area (Å²) in [5, 5.41) is 8.47. The molecule has 0 atom stereocenters. The number of aromatic nitrogens is 3. The fourth-order valence-corrected chi connectivity index (χ4v) is 1.64. The van der Waals surface area contributed by atoms with Crippen molar-refractivity contribution in [2.75, 3.05) is 0 Å². The molecule has 0 bridgehead atoms. The van der Waals surface area contributed by atoms with Gasteiger partial charge >= 0.3 is 0 Å². The van der Waals surface area contributed by atoms with Gasteiger partial charge in [-0.2, -0.15) is 0 Å². The number of alkyl halides is 1. The van der Waals surface area contributed by atoms with Crippen molar-refractivity contribution < 1.29 is 0 Å². The average molecular weight is 242 g/mol. The van der Waals surface area contributed by atoms with E-state index < -0.39 is 0 Å². The zero-order valence-electron chi connectivity index (χ0n) is 8.11. The van der Waals surface area contributed by atoms with Gasteiger partial charge in [0.15, 0.2) is 0 Å². The fraction of sp³-hybridized carbons (Fsp3) is 0.200. The zero-order valence-corrected chi connectivity index (χ0v) is 9.63. The van der Waals surface area contributed by atoms with Gasteiger partial charge in [0.1, 0.15) is 0 Å². The maximum Gasteiger partial charge on any atom is 0.0793 e. The number of hydrogen-bond donors (Lipinski definition) is 0. The molecule has 0 aliphatic carbocycles. The van der Waals surface area contributed by atoms with Crippen molar-refractivity contribution in [2.45, 2.75) is 12.8 Å². The van der Waals surface area contributed by atoms with Crippen LogP contribution in [0.2, 0.25) is 5.02 Å². The summed E-state index contributed by atoms with van der Waals surface area (Å²) < 4.78 is 1.68. The molecule has 0 radical (unpaired) electrons. The fourth-order valence-electron chi connectivity index (χ4n) is 1.28. The molecule has 3 nitrogen and oxygen atoms in total. The van der Waals surface area contributed by atoms with Crippen LogP contribution < -0.4 is 0 Å². The van der Waals surface area contributed by atoms with Crippen molar-refractivity contribution in [2.24, 2.45) is 0 Å². The van der Waals surface area contributed by atoms with Crippen molar-refractivity contribution in [3.8, 4) is 5.69 Å². The van der Waals surface area contributed by atoms with Crippen LogP contribution >= 0.6 is 23.2 Å². The molecule has 0 spiro atoms. The van der Waals surface area contributed by atoms with Crippen LogP contribution in [0, 0.1) is 6.92 Å². The molecule has 0 saturated heterocycles. The van der Waals surface area contributed by atoms with Gasteiger partial charge in [0.05, 0.1) is 23.5 Å². The molecule has 2 aromatic rings. The third-order valence-electron chi connectivity index (χ3n) is 2.16. The summed E-state index contributed by atoms with van der Waals surface area (Å²) in [4.78, 5) is 0. The predicted octanol–water partition coefficient (Wildman–Crippen LogP) is 2.97. The van der Waals surface area contributed by atoms with Gasteiger partial charge in [-0.25, -0.2) is 4.68 Å². The Balaban J connectivity index is 2.50. The van der Waals surface area contributed by atoms with Crippen LogP contribution in [0.1, 0.15) is 11.3 Å². The van der Waals surface area contributed by atoms with Gasteiger partial charge in [-0.05, 0) is 24.6 Å². The second kappa shape index (κ2) is 4.21. The van der Waals surface area contributed by atoms with E-state index in [1.807, 2.05) is 25.1 Å². The molecule has 0 aliphatic heterocycles. The summed E-state index contributed by atoms with van der Waals surface area (Å²) in [5.41, 5.74) is 2.75. The Bertz CT molecular complexity index is 479. The van der Waals surface area contributed by atoms with Crippen molar-refractivity contribution in [3.63, 3.8) is 0 Å². The number of halogens is 2. The molecular formula is C10H9Cl2N3. The van der Waals surface area contributed by atoms with Gasteiger partial charge in [-0.15, -0.1) is 16.7 Å². The number of rotatable bonds is 2. The third-order valence-corrected chi connectivity index (χ3v) is 2.84. The van der Waals surface area contributed by atoms with Crippen LogP contribution in [0.5, 0.6) is 0 Å². The summed E-state index contributed by atoms with van der Waals surface area (Å²) in [6.07, 6.45) is 1.64. The highest BCUT2D eigenvalue weighted by Gasteiger charge is 2.06. The summed E-state index contributed by atoms with van der Waals surface area (Å²) >= 11 is 11.8. The average Bonchev–Trinajstić information content (AvgIpc) is 2.70. The summed E-state index contributed by atoms with van der Waals surface area (Å²) in [6.45, 7) is 1.95. The first-order valence-corrected chi connectivity index (χ1v) is 5.35. The molecule has 78 valence electrons. The van der Waals surface area contributed by atoms with E-state index in [-0.39, 0.29) is 0 Å². The van der Waals surface area contributed by atoms with Gasteiger partial charge in [-0.3, -0.25) is 0 Å². The quantitative estimate of drug-likeness (QED) is 0.758. The molecule has 0 aliphatic rings. The van der Waals surface area contributed by atoms with E-state index in [1.165, 1.54) is 0 Å². The molecule has 0 fully saturated rings. The van der Waals surface area contributed by atoms with E-state index in [4.69, 9.17) is 23.2 Å². The molecule has 1 aromatic heterocycles. The smallest absolute Gasteiger partial charge is 0.0793 e. The second-order valence-corrected chi connectivity index (χ2v) is 3.88. The topological polar surface area (TPSA) is 30.7 Å². The predicted molar refractivity (Wildman–Crippen MR) is 60.7 cm³/mol. The Kier molecular flexibility index (Phi) is 2.93. The Labute approximate surface area is 97.6 Å². The SMILES string of the molecule is Cc1ccc(-n2nncc2CCl)cc1Cl. The normalized spacial score (nSPS) is 10.6. The molecule has 0 amide bonds. The molecule has 1 heterocycles. The first-order chi connectivity index (χ1) is 7.22. The standard InChI is InChI=1S/C10H9Cl2N3/c1-7-2-3-8(4-10(7)12)15-9(5-11)6-13-14-15/h2-4,6H,5H2,1H3. The lowest BCUT2D eigenvalue weighted by atomic mass is 10.2. The van der Waals surface area contributed by atoms with Crippen LogP contribution in [-0.2, 0) is 5.88 Å². The van der Waals surface area contributed by atoms with Gasteiger partial charge < -0.3 is 0 Å². The van der Waals surface area contributed by atoms with E-state index >= 15 is 0 Å². The number of benzene rings is 1. The number of nitrogens with zero attached hydrogens (tertiary/aromatic N) is 3. The van der Waals surface area contributed by atoms with Crippen molar-refractivity contribution in [1.29, 1.82) is 0 Å². The summed E-state index contributed by atoms with van der Waals surface area (Å²) in [6, 6.07) is 5.73. The van der Waals surface area contributed by atoms with E-state index in [9.17, 15) is 0 Å². The van der Waals surface area contributed by atoms with E-state index in [0.717, 1.165) is 16.9 Å². The minimum absolute atomic E-state index is 0.374. The Morgan fingerprint density at radius 3 is 2.87 bits per heavy atom. The highest BCUT2D eigenvalue weighted by molar-refractivity contribution is 6.31. The van der Waals surface area contributed by atoms with E-state index in [1.54, 1.807) is 10.9 Å². The first kappa shape index (κ1) is 10.5. The van der Waals surface area contributed by atoms with E-state index in [0.29, 0.717) is 10.9 Å². The second-order valence-electron chi connectivity index (χ2n) is 3.20. The number of hydrogen-bond acceptors (Lipinski definition) is 2. The van der Waals surface area contributed by atoms with Crippen molar-refractivity contribution in [1.82, 2.24) is 15.0 Å². The molecule has 5 heteroatoms. The van der Waals surface area contributed by atoms with Gasteiger partial charge in [-0.1, -0.05) is 22.9 Å². The summed E-state index contributed by atoms with van der Waals surface area (Å²) in [7, 11) is 0. The zero-order chi connectivity index (χ0) is 10.8. The molecule has 15 heavy (non-hydrogen) atoms. The Hall–Kier alpha value is -1.06. The number of aryl methyl sites for hydroxylation is 1. The monoisotopic (exact) mass is 241 g/mol. The Morgan fingerprint density at radius 2 is 2.20 bits per heavy atom. The summed E-state index contributed by atoms with van der Waals surface area (Å²) in [5.74, 6) is 0.374. The van der Waals surface area contributed by atoms with Crippen LogP contribution in [0.15, 0.2) is 24.4 Å². The largest absolute Gasteiger partial charge is 0.216 e. The maximum absolute atomic E-state index is 6.03. The van der Waals surface area contributed by atoms with Crippen LogP contribution in [0.25, 0.3) is 5.69 Å². The van der Waals surface area contributed by atoms with Crippen molar-refractivity contribution in [3.05, 3.63) is 40.7 Å². The van der Waals surface area contributed by atoms with Crippen LogP contribution in [0.4, 0.5) is 0 Å². The van der Waals surface area contributed by atoms with Gasteiger partial charge in [0, 0.05) is 5.02 Å².